The summed E-state index contributed by atoms with van der Waals surface area (Å²) in [6.45, 7) is 8.00. The molecular weight excluding hydrogens is 220 g/mol. The third kappa shape index (κ3) is 3.33. The van der Waals surface area contributed by atoms with Gasteiger partial charge in [-0.05, 0) is 51.8 Å². The first kappa shape index (κ1) is 13.6. The van der Waals surface area contributed by atoms with Crippen molar-refractivity contribution in [1.82, 2.24) is 10.2 Å². The van der Waals surface area contributed by atoms with Gasteiger partial charge in [0.15, 0.2) is 0 Å². The summed E-state index contributed by atoms with van der Waals surface area (Å²) in [4.78, 5) is 2.44. The Kier molecular flexibility index (Phi) is 4.41. The molecule has 0 spiro atoms. The van der Waals surface area contributed by atoms with Crippen LogP contribution in [0, 0.1) is 6.92 Å². The number of nitrogens with zero attached hydrogens (tertiary/aromatic N) is 1. The fourth-order valence-corrected chi connectivity index (χ4v) is 2.94. The maximum absolute atomic E-state index is 3.77. The highest BCUT2D eigenvalue weighted by molar-refractivity contribution is 5.26. The van der Waals surface area contributed by atoms with E-state index in [-0.39, 0.29) is 0 Å². The van der Waals surface area contributed by atoms with Crippen LogP contribution in [-0.2, 0) is 6.42 Å². The molecule has 1 heterocycles. The van der Waals surface area contributed by atoms with E-state index in [1.54, 1.807) is 0 Å². The Morgan fingerprint density at radius 2 is 2.11 bits per heavy atom. The number of hydrogen-bond donors (Lipinski definition) is 1. The van der Waals surface area contributed by atoms with Gasteiger partial charge in [-0.3, -0.25) is 0 Å². The summed E-state index contributed by atoms with van der Waals surface area (Å²) in [5, 5.41) is 3.77. The van der Waals surface area contributed by atoms with Gasteiger partial charge in [-0.2, -0.15) is 0 Å². The quantitative estimate of drug-likeness (QED) is 0.878. The minimum atomic E-state index is 0.551. The number of benzene rings is 1. The molecule has 0 radical (unpaired) electrons. The largest absolute Gasteiger partial charge is 0.310 e. The first-order chi connectivity index (χ1) is 8.56. The third-order valence-corrected chi connectivity index (χ3v) is 4.19. The molecule has 1 aromatic rings. The Morgan fingerprint density at radius 1 is 1.39 bits per heavy atom. The van der Waals surface area contributed by atoms with E-state index in [1.165, 1.54) is 24.1 Å². The van der Waals surface area contributed by atoms with Crippen LogP contribution in [0.1, 0.15) is 31.4 Å². The second-order valence-corrected chi connectivity index (χ2v) is 5.92. The van der Waals surface area contributed by atoms with Crippen molar-refractivity contribution in [1.29, 1.82) is 0 Å². The van der Waals surface area contributed by atoms with Gasteiger partial charge in [0.1, 0.15) is 0 Å². The van der Waals surface area contributed by atoms with Crippen molar-refractivity contribution in [2.24, 2.45) is 0 Å². The monoisotopic (exact) mass is 246 g/mol. The van der Waals surface area contributed by atoms with Crippen LogP contribution in [0.4, 0.5) is 0 Å². The lowest BCUT2D eigenvalue weighted by atomic mass is 10.0. The minimum Gasteiger partial charge on any atom is -0.310 e. The summed E-state index contributed by atoms with van der Waals surface area (Å²) in [6, 6.07) is 10.6. The van der Waals surface area contributed by atoms with Crippen LogP contribution in [0.2, 0.25) is 0 Å². The lowest BCUT2D eigenvalue weighted by Gasteiger charge is -2.20. The second-order valence-electron chi connectivity index (χ2n) is 5.92. The molecule has 3 unspecified atom stereocenters. The Hall–Kier alpha value is -0.860. The highest BCUT2D eigenvalue weighted by Gasteiger charge is 2.26. The summed E-state index contributed by atoms with van der Waals surface area (Å²) in [6.07, 6.45) is 2.40. The van der Waals surface area contributed by atoms with Crippen molar-refractivity contribution in [2.75, 3.05) is 13.6 Å². The fraction of sp³-hybridized carbons (Fsp3) is 0.625. The van der Waals surface area contributed by atoms with Crippen LogP contribution in [0.25, 0.3) is 0 Å². The van der Waals surface area contributed by atoms with Crippen LogP contribution in [-0.4, -0.2) is 36.6 Å². The topological polar surface area (TPSA) is 15.3 Å². The van der Waals surface area contributed by atoms with Crippen molar-refractivity contribution in [3.8, 4) is 0 Å². The van der Waals surface area contributed by atoms with E-state index in [4.69, 9.17) is 0 Å². The maximum Gasteiger partial charge on any atom is 0.0212 e. The van der Waals surface area contributed by atoms with Crippen LogP contribution in [0.15, 0.2) is 24.3 Å². The summed E-state index contributed by atoms with van der Waals surface area (Å²) >= 11 is 0. The zero-order chi connectivity index (χ0) is 13.1. The Labute approximate surface area is 111 Å². The van der Waals surface area contributed by atoms with Crippen LogP contribution in [0.3, 0.4) is 0 Å². The number of nitrogens with one attached hydrogen (secondary N) is 1. The van der Waals surface area contributed by atoms with Crippen molar-refractivity contribution < 1.29 is 0 Å². The highest BCUT2D eigenvalue weighted by atomic mass is 15.2. The molecule has 1 aliphatic heterocycles. The molecule has 1 aliphatic rings. The second kappa shape index (κ2) is 5.85. The third-order valence-electron chi connectivity index (χ3n) is 4.19. The molecule has 0 aliphatic carbocycles. The smallest absolute Gasteiger partial charge is 0.0212 e. The fourth-order valence-electron chi connectivity index (χ4n) is 2.94. The minimum absolute atomic E-state index is 0.551. The standard InChI is InChI=1S/C16H26N2/c1-12-7-5-6-8-15(12)9-13(2)17-16-10-14(3)18(4)11-16/h5-8,13-14,16-17H,9-11H2,1-4H3. The molecule has 100 valence electrons. The number of aryl methyl sites for hydroxylation is 1. The molecule has 0 bridgehead atoms. The number of likely N-dealkylation sites (N-methyl/N-ethyl adjacent to an activating group) is 1. The van der Waals surface area contributed by atoms with E-state index >= 15 is 0 Å². The van der Waals surface area contributed by atoms with Crippen LogP contribution >= 0.6 is 0 Å². The van der Waals surface area contributed by atoms with Gasteiger partial charge in [-0.15, -0.1) is 0 Å². The molecule has 1 aromatic carbocycles. The first-order valence-electron chi connectivity index (χ1n) is 7.07. The molecule has 2 heteroatoms. The van der Waals surface area contributed by atoms with Gasteiger partial charge < -0.3 is 10.2 Å². The normalized spacial score (nSPS) is 26.4. The van der Waals surface area contributed by atoms with Gasteiger partial charge in [0.05, 0.1) is 0 Å². The maximum atomic E-state index is 3.77. The number of hydrogen-bond acceptors (Lipinski definition) is 2. The lowest BCUT2D eigenvalue weighted by Crippen LogP contribution is -2.39. The lowest BCUT2D eigenvalue weighted by molar-refractivity contribution is 0.324. The molecule has 3 atom stereocenters. The van der Waals surface area contributed by atoms with E-state index in [2.05, 4.69) is 62.3 Å². The molecule has 2 rings (SSSR count). The molecule has 0 amide bonds. The average molecular weight is 246 g/mol. The molecule has 0 aromatic heterocycles. The molecule has 18 heavy (non-hydrogen) atoms. The highest BCUT2D eigenvalue weighted by Crippen LogP contribution is 2.16. The Balaban J connectivity index is 1.86. The molecule has 2 nitrogen and oxygen atoms in total. The molecule has 1 saturated heterocycles. The Bertz CT molecular complexity index is 378. The average Bonchev–Trinajstić information content (AvgIpc) is 2.61. The molecule has 1 fully saturated rings. The van der Waals surface area contributed by atoms with Gasteiger partial charge in [0.25, 0.3) is 0 Å². The predicted octanol–water partition coefficient (Wildman–Crippen LogP) is 2.61. The van der Waals surface area contributed by atoms with Crippen molar-refractivity contribution >= 4 is 0 Å². The summed E-state index contributed by atoms with van der Waals surface area (Å²) in [7, 11) is 2.22. The van der Waals surface area contributed by atoms with Gasteiger partial charge in [-0.25, -0.2) is 0 Å². The van der Waals surface area contributed by atoms with Gasteiger partial charge >= 0.3 is 0 Å². The summed E-state index contributed by atoms with van der Waals surface area (Å²) < 4.78 is 0. The van der Waals surface area contributed by atoms with E-state index in [0.717, 1.165) is 6.42 Å². The van der Waals surface area contributed by atoms with Crippen LogP contribution in [0.5, 0.6) is 0 Å². The number of likely N-dealkylation sites (tertiary alicyclic amines) is 1. The zero-order valence-corrected chi connectivity index (χ0v) is 12.1. The van der Waals surface area contributed by atoms with E-state index < -0.39 is 0 Å². The van der Waals surface area contributed by atoms with Gasteiger partial charge in [0, 0.05) is 24.7 Å². The van der Waals surface area contributed by atoms with E-state index in [9.17, 15) is 0 Å². The van der Waals surface area contributed by atoms with Gasteiger partial charge in [-0.1, -0.05) is 24.3 Å². The SMILES string of the molecule is Cc1ccccc1CC(C)NC1CC(C)N(C)C1. The summed E-state index contributed by atoms with van der Waals surface area (Å²) in [5.41, 5.74) is 2.87. The Morgan fingerprint density at radius 3 is 2.72 bits per heavy atom. The predicted molar refractivity (Wildman–Crippen MR) is 78.0 cm³/mol. The number of rotatable bonds is 4. The zero-order valence-electron chi connectivity index (χ0n) is 12.1. The van der Waals surface area contributed by atoms with Crippen molar-refractivity contribution in [3.63, 3.8) is 0 Å². The van der Waals surface area contributed by atoms with Gasteiger partial charge in [0.2, 0.25) is 0 Å². The first-order valence-corrected chi connectivity index (χ1v) is 7.07. The summed E-state index contributed by atoms with van der Waals surface area (Å²) in [5.74, 6) is 0. The molecule has 1 N–H and O–H groups in total. The van der Waals surface area contributed by atoms with Crippen LogP contribution < -0.4 is 5.32 Å². The van der Waals surface area contributed by atoms with E-state index in [1.807, 2.05) is 0 Å². The van der Waals surface area contributed by atoms with Crippen molar-refractivity contribution in [3.05, 3.63) is 35.4 Å². The van der Waals surface area contributed by atoms with E-state index in [0.29, 0.717) is 18.1 Å². The van der Waals surface area contributed by atoms with Crippen molar-refractivity contribution in [2.45, 2.75) is 51.7 Å². The molecular formula is C16H26N2. The molecule has 0 saturated carbocycles.